The monoisotopic (exact) mass is 171 g/mol. The summed E-state index contributed by atoms with van der Waals surface area (Å²) in [5, 5.41) is 0. The van der Waals surface area contributed by atoms with Crippen molar-refractivity contribution in [2.24, 2.45) is 23.5 Å². The second-order valence-corrected chi connectivity index (χ2v) is 3.86. The van der Waals surface area contributed by atoms with E-state index >= 15 is 0 Å². The van der Waals surface area contributed by atoms with Gasteiger partial charge >= 0.3 is 0 Å². The minimum Gasteiger partial charge on any atom is -0.330 e. The number of nitrogens with two attached hydrogens (primary N) is 1. The van der Waals surface area contributed by atoms with Crippen LogP contribution in [0.3, 0.4) is 0 Å². The molecule has 12 heavy (non-hydrogen) atoms. The summed E-state index contributed by atoms with van der Waals surface area (Å²) < 4.78 is 0. The molecule has 74 valence electrons. The van der Waals surface area contributed by atoms with Gasteiger partial charge in [-0.05, 0) is 24.3 Å². The van der Waals surface area contributed by atoms with Crippen molar-refractivity contribution in [2.45, 2.75) is 47.0 Å². The Morgan fingerprint density at radius 3 is 1.75 bits per heavy atom. The third kappa shape index (κ3) is 3.14. The van der Waals surface area contributed by atoms with E-state index in [1.54, 1.807) is 0 Å². The topological polar surface area (TPSA) is 26.0 Å². The van der Waals surface area contributed by atoms with Crippen LogP contribution in [0.4, 0.5) is 0 Å². The molecule has 0 radical (unpaired) electrons. The highest BCUT2D eigenvalue weighted by molar-refractivity contribution is 4.73. The minimum absolute atomic E-state index is 0.741. The Kier molecular flexibility index (Phi) is 6.45. The Bertz CT molecular complexity index is 97.2. The van der Waals surface area contributed by atoms with E-state index in [0.29, 0.717) is 0 Å². The normalized spacial score (nSPS) is 16.5. The maximum atomic E-state index is 5.80. The fourth-order valence-electron chi connectivity index (χ4n) is 2.09. The molecule has 0 spiro atoms. The quantitative estimate of drug-likeness (QED) is 0.653. The third-order valence-electron chi connectivity index (χ3n) is 3.30. The lowest BCUT2D eigenvalue weighted by Crippen LogP contribution is -2.28. The van der Waals surface area contributed by atoms with Crippen molar-refractivity contribution in [3.05, 3.63) is 0 Å². The summed E-state index contributed by atoms with van der Waals surface area (Å²) in [6.45, 7) is 10.0. The summed E-state index contributed by atoms with van der Waals surface area (Å²) in [7, 11) is 0. The predicted molar refractivity (Wildman–Crippen MR) is 56.1 cm³/mol. The van der Waals surface area contributed by atoms with Crippen molar-refractivity contribution in [3.63, 3.8) is 0 Å². The molecule has 0 saturated heterocycles. The zero-order valence-corrected chi connectivity index (χ0v) is 9.14. The fraction of sp³-hybridized carbons (Fsp3) is 1.00. The molecule has 0 heterocycles. The van der Waals surface area contributed by atoms with Crippen molar-refractivity contribution < 1.29 is 0 Å². The molecule has 0 aromatic rings. The lowest BCUT2D eigenvalue weighted by Gasteiger charge is -2.28. The Labute approximate surface area is 77.7 Å². The van der Waals surface area contributed by atoms with Gasteiger partial charge in [-0.1, -0.05) is 47.0 Å². The molecule has 0 saturated carbocycles. The maximum absolute atomic E-state index is 5.80. The fourth-order valence-corrected chi connectivity index (χ4v) is 2.09. The van der Waals surface area contributed by atoms with Crippen LogP contribution < -0.4 is 5.73 Å². The molecular weight excluding hydrogens is 146 g/mol. The van der Waals surface area contributed by atoms with E-state index in [0.717, 1.165) is 24.3 Å². The van der Waals surface area contributed by atoms with Gasteiger partial charge < -0.3 is 5.73 Å². The Balaban J connectivity index is 4.09. The van der Waals surface area contributed by atoms with Gasteiger partial charge in [0.2, 0.25) is 0 Å². The molecule has 0 rings (SSSR count). The summed E-state index contributed by atoms with van der Waals surface area (Å²) in [4.78, 5) is 0. The van der Waals surface area contributed by atoms with Crippen molar-refractivity contribution in [1.29, 1.82) is 0 Å². The molecule has 0 aromatic carbocycles. The van der Waals surface area contributed by atoms with Crippen LogP contribution in [0.1, 0.15) is 47.0 Å². The van der Waals surface area contributed by atoms with Gasteiger partial charge in [0.15, 0.2) is 0 Å². The van der Waals surface area contributed by atoms with Gasteiger partial charge in [0.25, 0.3) is 0 Å². The van der Waals surface area contributed by atoms with E-state index in [-0.39, 0.29) is 0 Å². The smallest absolute Gasteiger partial charge is 0.00437 e. The van der Waals surface area contributed by atoms with Crippen LogP contribution in [0, 0.1) is 17.8 Å². The lowest BCUT2D eigenvalue weighted by atomic mass is 9.78. The van der Waals surface area contributed by atoms with Crippen LogP contribution in [0.15, 0.2) is 0 Å². The van der Waals surface area contributed by atoms with Crippen molar-refractivity contribution >= 4 is 0 Å². The summed E-state index contributed by atoms with van der Waals surface area (Å²) >= 11 is 0. The van der Waals surface area contributed by atoms with E-state index in [9.17, 15) is 0 Å². The van der Waals surface area contributed by atoms with Crippen LogP contribution in [-0.4, -0.2) is 6.54 Å². The van der Waals surface area contributed by atoms with Gasteiger partial charge in [-0.2, -0.15) is 0 Å². The second kappa shape index (κ2) is 6.47. The molecule has 0 aliphatic rings. The van der Waals surface area contributed by atoms with E-state index in [4.69, 9.17) is 5.73 Å². The molecule has 0 bridgehead atoms. The molecule has 2 N–H and O–H groups in total. The molecule has 0 aromatic heterocycles. The highest BCUT2D eigenvalue weighted by Crippen LogP contribution is 2.27. The SMILES string of the molecule is CCC(C)C(CN)C(CC)CC. The van der Waals surface area contributed by atoms with Crippen LogP contribution in [-0.2, 0) is 0 Å². The zero-order valence-electron chi connectivity index (χ0n) is 9.14. The molecular formula is C11H25N. The average Bonchev–Trinajstić information content (AvgIpc) is 2.12. The van der Waals surface area contributed by atoms with Crippen LogP contribution >= 0.6 is 0 Å². The highest BCUT2D eigenvalue weighted by atomic mass is 14.6. The highest BCUT2D eigenvalue weighted by Gasteiger charge is 2.21. The van der Waals surface area contributed by atoms with Crippen molar-refractivity contribution in [2.75, 3.05) is 6.54 Å². The largest absolute Gasteiger partial charge is 0.330 e. The van der Waals surface area contributed by atoms with E-state index < -0.39 is 0 Å². The van der Waals surface area contributed by atoms with E-state index in [2.05, 4.69) is 27.7 Å². The van der Waals surface area contributed by atoms with E-state index in [1.807, 2.05) is 0 Å². The first-order valence-corrected chi connectivity index (χ1v) is 5.41. The maximum Gasteiger partial charge on any atom is -0.00437 e. The minimum atomic E-state index is 0.741. The first kappa shape index (κ1) is 12.0. The summed E-state index contributed by atoms with van der Waals surface area (Å²) in [6.07, 6.45) is 3.82. The molecule has 0 fully saturated rings. The molecule has 0 aliphatic carbocycles. The molecule has 1 nitrogen and oxygen atoms in total. The molecule has 2 unspecified atom stereocenters. The molecule has 1 heteroatoms. The second-order valence-electron chi connectivity index (χ2n) is 3.86. The van der Waals surface area contributed by atoms with Gasteiger partial charge in [-0.15, -0.1) is 0 Å². The summed E-state index contributed by atoms with van der Waals surface area (Å²) in [5.41, 5.74) is 5.80. The van der Waals surface area contributed by atoms with Crippen LogP contribution in [0.2, 0.25) is 0 Å². The van der Waals surface area contributed by atoms with E-state index in [1.165, 1.54) is 19.3 Å². The van der Waals surface area contributed by atoms with Gasteiger partial charge in [0.05, 0.1) is 0 Å². The number of hydrogen-bond acceptors (Lipinski definition) is 1. The Morgan fingerprint density at radius 2 is 1.50 bits per heavy atom. The lowest BCUT2D eigenvalue weighted by molar-refractivity contribution is 0.229. The Hall–Kier alpha value is -0.0400. The van der Waals surface area contributed by atoms with Gasteiger partial charge in [0.1, 0.15) is 0 Å². The van der Waals surface area contributed by atoms with Crippen LogP contribution in [0.5, 0.6) is 0 Å². The molecule has 0 aliphatic heterocycles. The predicted octanol–water partition coefficient (Wildman–Crippen LogP) is 3.04. The van der Waals surface area contributed by atoms with Gasteiger partial charge in [-0.25, -0.2) is 0 Å². The Morgan fingerprint density at radius 1 is 1.00 bits per heavy atom. The molecule has 0 amide bonds. The number of rotatable bonds is 6. The first-order chi connectivity index (χ1) is 5.71. The standard InChI is InChI=1S/C11H25N/c1-5-9(4)11(8-12)10(6-2)7-3/h9-11H,5-8,12H2,1-4H3. The third-order valence-corrected chi connectivity index (χ3v) is 3.30. The van der Waals surface area contributed by atoms with Gasteiger partial charge in [0, 0.05) is 0 Å². The van der Waals surface area contributed by atoms with Crippen LogP contribution in [0.25, 0.3) is 0 Å². The number of hydrogen-bond donors (Lipinski definition) is 1. The van der Waals surface area contributed by atoms with Crippen molar-refractivity contribution in [3.8, 4) is 0 Å². The average molecular weight is 171 g/mol. The van der Waals surface area contributed by atoms with Crippen molar-refractivity contribution in [1.82, 2.24) is 0 Å². The molecule has 2 atom stereocenters. The summed E-state index contributed by atoms with van der Waals surface area (Å²) in [5.74, 6) is 2.37. The summed E-state index contributed by atoms with van der Waals surface area (Å²) in [6, 6.07) is 0. The van der Waals surface area contributed by atoms with Gasteiger partial charge in [-0.3, -0.25) is 0 Å². The first-order valence-electron chi connectivity index (χ1n) is 5.41. The zero-order chi connectivity index (χ0) is 9.56.